The molecule has 2 heterocycles. The van der Waals surface area contributed by atoms with E-state index in [2.05, 4.69) is 32.3 Å². The van der Waals surface area contributed by atoms with Crippen molar-refractivity contribution < 1.29 is 8.42 Å². The van der Waals surface area contributed by atoms with E-state index >= 15 is 0 Å². The molecule has 4 nitrogen and oxygen atoms in total. The third kappa shape index (κ3) is 4.50. The third-order valence-electron chi connectivity index (χ3n) is 4.44. The van der Waals surface area contributed by atoms with Gasteiger partial charge >= 0.3 is 0 Å². The number of pyridine rings is 1. The molecule has 1 N–H and O–H groups in total. The molecular weight excluding hydrogens is 352 g/mol. The van der Waals surface area contributed by atoms with Gasteiger partial charge in [0.25, 0.3) is 0 Å². The Morgan fingerprint density at radius 2 is 2.14 bits per heavy atom. The number of aromatic nitrogens is 1. The van der Waals surface area contributed by atoms with Crippen molar-refractivity contribution in [2.24, 2.45) is 11.8 Å². The van der Waals surface area contributed by atoms with Crippen molar-refractivity contribution in [1.29, 1.82) is 0 Å². The van der Waals surface area contributed by atoms with E-state index < -0.39 is 9.84 Å². The summed E-state index contributed by atoms with van der Waals surface area (Å²) in [6.45, 7) is 0.914. The topological polar surface area (TPSA) is 59.1 Å². The summed E-state index contributed by atoms with van der Waals surface area (Å²) in [6.07, 6.45) is 7.88. The highest BCUT2D eigenvalue weighted by atomic mass is 79.9. The molecule has 0 bridgehead atoms. The molecule has 1 aliphatic carbocycles. The first-order valence-corrected chi connectivity index (χ1v) is 10.2. The van der Waals surface area contributed by atoms with Crippen LogP contribution < -0.4 is 5.32 Å². The Hall–Kier alpha value is -0.460. The van der Waals surface area contributed by atoms with Gasteiger partial charge in [-0.3, -0.25) is 4.98 Å². The second-order valence-electron chi connectivity index (χ2n) is 6.32. The van der Waals surface area contributed by atoms with Crippen LogP contribution >= 0.6 is 15.9 Å². The predicted octanol–water partition coefficient (Wildman–Crippen LogP) is 2.19. The average molecular weight is 373 g/mol. The Balaban J connectivity index is 1.68. The zero-order valence-corrected chi connectivity index (χ0v) is 14.4. The van der Waals surface area contributed by atoms with E-state index in [9.17, 15) is 8.42 Å². The summed E-state index contributed by atoms with van der Waals surface area (Å²) in [7, 11) is -2.82. The molecule has 2 aliphatic rings. The van der Waals surface area contributed by atoms with Crippen molar-refractivity contribution in [3.63, 3.8) is 0 Å². The van der Waals surface area contributed by atoms with Crippen molar-refractivity contribution in [1.82, 2.24) is 10.3 Å². The quantitative estimate of drug-likeness (QED) is 0.831. The van der Waals surface area contributed by atoms with Gasteiger partial charge in [-0.05, 0) is 71.6 Å². The lowest BCUT2D eigenvalue weighted by Crippen LogP contribution is -2.31. The molecule has 1 aromatic heterocycles. The first-order valence-electron chi connectivity index (χ1n) is 7.55. The molecule has 2 unspecified atom stereocenters. The summed E-state index contributed by atoms with van der Waals surface area (Å²) >= 11 is 3.45. The van der Waals surface area contributed by atoms with E-state index in [4.69, 9.17) is 0 Å². The van der Waals surface area contributed by atoms with E-state index in [1.165, 1.54) is 18.4 Å². The zero-order valence-electron chi connectivity index (χ0n) is 12.0. The van der Waals surface area contributed by atoms with Crippen LogP contribution in [0.5, 0.6) is 0 Å². The minimum atomic E-state index is -2.82. The number of rotatable bonds is 6. The van der Waals surface area contributed by atoms with E-state index in [0.717, 1.165) is 23.9 Å². The molecule has 3 rings (SSSR count). The van der Waals surface area contributed by atoms with Gasteiger partial charge in [-0.2, -0.15) is 0 Å². The molecule has 0 amide bonds. The first kappa shape index (κ1) is 15.4. The minimum absolute atomic E-state index is 0.278. The van der Waals surface area contributed by atoms with Crippen LogP contribution in [0.1, 0.15) is 24.8 Å². The Bertz CT molecular complexity index is 601. The normalized spacial score (nSPS) is 25.9. The number of hydrogen-bond acceptors (Lipinski definition) is 4. The number of sulfone groups is 1. The summed E-state index contributed by atoms with van der Waals surface area (Å²) in [5.41, 5.74) is 1.18. The fourth-order valence-electron chi connectivity index (χ4n) is 3.08. The number of hydrogen-bond donors (Lipinski definition) is 1. The highest BCUT2D eigenvalue weighted by Crippen LogP contribution is 2.30. The van der Waals surface area contributed by atoms with Crippen LogP contribution in [0.4, 0.5) is 0 Å². The van der Waals surface area contributed by atoms with Crippen molar-refractivity contribution in [2.45, 2.75) is 31.7 Å². The highest BCUT2D eigenvalue weighted by Gasteiger charge is 2.34. The maximum Gasteiger partial charge on any atom is 0.150 e. The zero-order chi connectivity index (χ0) is 14.9. The molecule has 1 saturated heterocycles. The number of nitrogens with one attached hydrogen (secondary N) is 1. The maximum absolute atomic E-state index is 11.8. The molecule has 0 spiro atoms. The third-order valence-corrected chi connectivity index (χ3v) is 6.67. The van der Waals surface area contributed by atoms with Gasteiger partial charge in [0.05, 0.1) is 11.5 Å². The van der Waals surface area contributed by atoms with E-state index in [1.54, 1.807) is 6.20 Å². The summed E-state index contributed by atoms with van der Waals surface area (Å²) in [6, 6.07) is 2.74. The van der Waals surface area contributed by atoms with Crippen LogP contribution in [0.2, 0.25) is 0 Å². The standard InChI is InChI=1S/C15H21BrN2O2S/c16-14-6-11(7-17-9-14)5-13(8-18-15-1-2-15)12-3-4-21(19,20)10-12/h6-7,9,12-13,15,18H,1-5,8,10H2. The molecule has 0 radical (unpaired) electrons. The molecule has 1 aliphatic heterocycles. The second kappa shape index (κ2) is 6.34. The fraction of sp³-hybridized carbons (Fsp3) is 0.667. The molecule has 116 valence electrons. The smallest absolute Gasteiger partial charge is 0.150 e. The lowest BCUT2D eigenvalue weighted by Gasteiger charge is -2.23. The summed E-state index contributed by atoms with van der Waals surface area (Å²) in [4.78, 5) is 4.21. The van der Waals surface area contributed by atoms with Gasteiger partial charge in [-0.25, -0.2) is 8.42 Å². The SMILES string of the molecule is O=S1(=O)CCC(C(CNC2CC2)Cc2cncc(Br)c2)C1. The summed E-state index contributed by atoms with van der Waals surface area (Å²) < 4.78 is 24.5. The second-order valence-corrected chi connectivity index (χ2v) is 9.47. The van der Waals surface area contributed by atoms with Crippen molar-refractivity contribution >= 4 is 25.8 Å². The lowest BCUT2D eigenvalue weighted by atomic mass is 9.86. The first-order chi connectivity index (χ1) is 10.0. The van der Waals surface area contributed by atoms with Crippen molar-refractivity contribution in [3.05, 3.63) is 28.5 Å². The lowest BCUT2D eigenvalue weighted by molar-refractivity contribution is 0.342. The van der Waals surface area contributed by atoms with Crippen LogP contribution in [0.3, 0.4) is 0 Å². The molecule has 1 aromatic rings. The maximum atomic E-state index is 11.8. The van der Waals surface area contributed by atoms with E-state index in [1.807, 2.05) is 6.20 Å². The van der Waals surface area contributed by atoms with Gasteiger partial charge in [0.2, 0.25) is 0 Å². The van der Waals surface area contributed by atoms with Gasteiger partial charge in [-0.15, -0.1) is 0 Å². The Morgan fingerprint density at radius 1 is 1.33 bits per heavy atom. The predicted molar refractivity (Wildman–Crippen MR) is 86.9 cm³/mol. The number of halogens is 1. The molecule has 6 heteroatoms. The van der Waals surface area contributed by atoms with Crippen molar-refractivity contribution in [2.75, 3.05) is 18.1 Å². The van der Waals surface area contributed by atoms with E-state index in [0.29, 0.717) is 23.5 Å². The van der Waals surface area contributed by atoms with Gasteiger partial charge in [-0.1, -0.05) is 0 Å². The monoisotopic (exact) mass is 372 g/mol. The van der Waals surface area contributed by atoms with Crippen molar-refractivity contribution in [3.8, 4) is 0 Å². The molecule has 1 saturated carbocycles. The van der Waals surface area contributed by atoms with Crippen LogP contribution in [-0.4, -0.2) is 37.5 Å². The Morgan fingerprint density at radius 3 is 2.76 bits per heavy atom. The van der Waals surface area contributed by atoms with Crippen LogP contribution in [0.25, 0.3) is 0 Å². The molecule has 0 aromatic carbocycles. The van der Waals surface area contributed by atoms with Gasteiger partial charge < -0.3 is 5.32 Å². The van der Waals surface area contributed by atoms with Gasteiger partial charge in [0.1, 0.15) is 0 Å². The number of nitrogens with zero attached hydrogens (tertiary/aromatic N) is 1. The largest absolute Gasteiger partial charge is 0.314 e. The van der Waals surface area contributed by atoms with Gasteiger partial charge in [0.15, 0.2) is 9.84 Å². The van der Waals surface area contributed by atoms with Crippen LogP contribution in [0.15, 0.2) is 22.9 Å². The summed E-state index contributed by atoms with van der Waals surface area (Å²) in [5.74, 6) is 1.36. The molecule has 2 atom stereocenters. The van der Waals surface area contributed by atoms with Crippen LogP contribution in [-0.2, 0) is 16.3 Å². The molecule has 2 fully saturated rings. The Kier molecular flexibility index (Phi) is 4.66. The van der Waals surface area contributed by atoms with Crippen LogP contribution in [0, 0.1) is 11.8 Å². The van der Waals surface area contributed by atoms with E-state index in [-0.39, 0.29) is 5.92 Å². The minimum Gasteiger partial charge on any atom is -0.314 e. The summed E-state index contributed by atoms with van der Waals surface area (Å²) in [5, 5.41) is 3.57. The van der Waals surface area contributed by atoms with Gasteiger partial charge in [0, 0.05) is 22.9 Å². The molecular formula is C15H21BrN2O2S. The Labute approximate surface area is 134 Å². The highest BCUT2D eigenvalue weighted by molar-refractivity contribution is 9.10. The molecule has 21 heavy (non-hydrogen) atoms. The fourth-order valence-corrected chi connectivity index (χ4v) is 5.41. The average Bonchev–Trinajstić information content (AvgIpc) is 3.17.